The molecule has 1 aromatic carbocycles. The van der Waals surface area contributed by atoms with Crippen LogP contribution in [0.25, 0.3) is 0 Å². The fraction of sp³-hybridized carbons (Fsp3) is 0.704. The zero-order valence-corrected chi connectivity index (χ0v) is 21.3. The van der Waals surface area contributed by atoms with Gasteiger partial charge >= 0.3 is 0 Å². The van der Waals surface area contributed by atoms with Gasteiger partial charge in [0.1, 0.15) is 0 Å². The van der Waals surface area contributed by atoms with Gasteiger partial charge in [0.25, 0.3) is 0 Å². The minimum Gasteiger partial charge on any atom is -0.100 e. The van der Waals surface area contributed by atoms with Gasteiger partial charge in [0.15, 0.2) is 0 Å². The lowest BCUT2D eigenvalue weighted by Gasteiger charge is -2.29. The van der Waals surface area contributed by atoms with E-state index in [-0.39, 0.29) is 0 Å². The Morgan fingerprint density at radius 2 is 1.11 bits per heavy atom. The molecule has 0 N–H and O–H groups in total. The number of allylic oxidation sites excluding steroid dienone is 1. The third-order valence-corrected chi connectivity index (χ3v) is 4.56. The van der Waals surface area contributed by atoms with Gasteiger partial charge in [0, 0.05) is 0 Å². The lowest BCUT2D eigenvalue weighted by Crippen LogP contribution is -2.16. The average molecular weight is 379 g/mol. The van der Waals surface area contributed by atoms with Gasteiger partial charge < -0.3 is 0 Å². The Morgan fingerprint density at radius 3 is 1.30 bits per heavy atom. The van der Waals surface area contributed by atoms with E-state index in [1.165, 1.54) is 48.8 Å². The smallest absolute Gasteiger partial charge is 0.0305 e. The predicted molar refractivity (Wildman–Crippen MR) is 132 cm³/mol. The SMILES string of the molecule is C=C(C)C.CC.CC.CCCC(CC)(CC)CC.CCc1ccc(C)cc1. The van der Waals surface area contributed by atoms with Gasteiger partial charge in [0.2, 0.25) is 0 Å². The van der Waals surface area contributed by atoms with Gasteiger partial charge in [-0.2, -0.15) is 0 Å². The summed E-state index contributed by atoms with van der Waals surface area (Å²) in [5.41, 5.74) is 4.60. The maximum Gasteiger partial charge on any atom is -0.0305 e. The Hall–Kier alpha value is -1.04. The average Bonchev–Trinajstić information content (AvgIpc) is 2.70. The Labute approximate surface area is 174 Å². The number of hydrogen-bond donors (Lipinski definition) is 0. The van der Waals surface area contributed by atoms with Gasteiger partial charge in [-0.25, -0.2) is 0 Å². The van der Waals surface area contributed by atoms with E-state index in [9.17, 15) is 0 Å². The molecule has 1 rings (SSSR count). The van der Waals surface area contributed by atoms with Crippen molar-refractivity contribution in [2.24, 2.45) is 5.41 Å². The monoisotopic (exact) mass is 378 g/mol. The molecular weight excluding hydrogens is 324 g/mol. The zero-order valence-electron chi connectivity index (χ0n) is 21.3. The van der Waals surface area contributed by atoms with E-state index in [0.29, 0.717) is 5.41 Å². The van der Waals surface area contributed by atoms with Crippen LogP contribution in [-0.2, 0) is 6.42 Å². The molecule has 0 saturated carbocycles. The van der Waals surface area contributed by atoms with Gasteiger partial charge in [-0.3, -0.25) is 0 Å². The maximum atomic E-state index is 3.56. The minimum atomic E-state index is 0.675. The highest BCUT2D eigenvalue weighted by atomic mass is 14.3. The van der Waals surface area contributed by atoms with E-state index < -0.39 is 0 Å². The van der Waals surface area contributed by atoms with Gasteiger partial charge in [-0.15, -0.1) is 6.58 Å². The van der Waals surface area contributed by atoms with Crippen LogP contribution in [0.1, 0.15) is 119 Å². The molecule has 0 fully saturated rings. The van der Waals surface area contributed by atoms with E-state index in [0.717, 1.165) is 6.42 Å². The molecule has 0 spiro atoms. The molecule has 0 amide bonds. The molecule has 0 saturated heterocycles. The van der Waals surface area contributed by atoms with Crippen molar-refractivity contribution >= 4 is 0 Å². The Kier molecular flexibility index (Phi) is 31.0. The molecule has 0 aliphatic carbocycles. The van der Waals surface area contributed by atoms with Crippen molar-refractivity contribution in [2.45, 2.75) is 122 Å². The van der Waals surface area contributed by atoms with Crippen LogP contribution in [0.3, 0.4) is 0 Å². The molecule has 27 heavy (non-hydrogen) atoms. The van der Waals surface area contributed by atoms with E-state index in [1.54, 1.807) is 0 Å². The molecule has 0 aromatic heterocycles. The summed E-state index contributed by atoms with van der Waals surface area (Å²) in [6.07, 6.45) is 7.96. The largest absolute Gasteiger partial charge is 0.100 e. The van der Waals surface area contributed by atoms with Crippen molar-refractivity contribution < 1.29 is 0 Å². The van der Waals surface area contributed by atoms with Crippen molar-refractivity contribution in [3.63, 3.8) is 0 Å². The molecular formula is C27H54. The first kappa shape index (κ1) is 33.5. The summed E-state index contributed by atoms with van der Waals surface area (Å²) in [5.74, 6) is 0. The third kappa shape index (κ3) is 22.9. The second kappa shape index (κ2) is 25.0. The van der Waals surface area contributed by atoms with Crippen LogP contribution in [0.2, 0.25) is 0 Å². The lowest BCUT2D eigenvalue weighted by molar-refractivity contribution is 0.226. The van der Waals surface area contributed by atoms with Crippen LogP contribution in [-0.4, -0.2) is 0 Å². The standard InChI is InChI=1S/C10H22.C9H12.C4H8.2C2H6/c1-5-9-10(6-2,7-3)8-4;1-3-9-6-4-8(2)5-7-9;1-4(2)3;2*1-2/h5-9H2,1-4H3;4-7H,3H2,1-2H3;1H2,2-3H3;2*1-2H3. The number of hydrogen-bond acceptors (Lipinski definition) is 0. The molecule has 0 aliphatic rings. The number of benzene rings is 1. The summed E-state index contributed by atoms with van der Waals surface area (Å²) in [4.78, 5) is 0. The summed E-state index contributed by atoms with van der Waals surface area (Å²) in [7, 11) is 0. The first-order chi connectivity index (χ1) is 12.8. The zero-order chi connectivity index (χ0) is 22.3. The van der Waals surface area contributed by atoms with Crippen LogP contribution < -0.4 is 0 Å². The molecule has 0 aliphatic heterocycles. The second-order valence-corrected chi connectivity index (χ2v) is 6.86. The van der Waals surface area contributed by atoms with Crippen molar-refractivity contribution in [3.8, 4) is 0 Å². The second-order valence-electron chi connectivity index (χ2n) is 6.86. The number of aryl methyl sites for hydroxylation is 2. The topological polar surface area (TPSA) is 0 Å². The fourth-order valence-corrected chi connectivity index (χ4v) is 2.63. The molecule has 0 bridgehead atoms. The minimum absolute atomic E-state index is 0.675. The van der Waals surface area contributed by atoms with E-state index in [1.807, 2.05) is 41.5 Å². The molecule has 0 atom stereocenters. The fourth-order valence-electron chi connectivity index (χ4n) is 2.63. The highest BCUT2D eigenvalue weighted by Crippen LogP contribution is 2.35. The first-order valence-corrected chi connectivity index (χ1v) is 11.5. The normalized spacial score (nSPS) is 9.04. The Morgan fingerprint density at radius 1 is 0.778 bits per heavy atom. The summed E-state index contributed by atoms with van der Waals surface area (Å²) < 4.78 is 0. The Bertz CT molecular complexity index is 367. The molecule has 1 aromatic rings. The van der Waals surface area contributed by atoms with E-state index in [4.69, 9.17) is 0 Å². The van der Waals surface area contributed by atoms with Crippen LogP contribution in [0.5, 0.6) is 0 Å². The predicted octanol–water partition coefficient (Wildman–Crippen LogP) is 10.2. The quantitative estimate of drug-likeness (QED) is 0.432. The van der Waals surface area contributed by atoms with Crippen LogP contribution >= 0.6 is 0 Å². The highest BCUT2D eigenvalue weighted by Gasteiger charge is 2.21. The molecule has 0 heterocycles. The molecule has 0 nitrogen and oxygen atoms in total. The van der Waals surface area contributed by atoms with Crippen molar-refractivity contribution in [1.82, 2.24) is 0 Å². The van der Waals surface area contributed by atoms with Gasteiger partial charge in [-0.05, 0) is 44.6 Å². The first-order valence-electron chi connectivity index (χ1n) is 11.5. The van der Waals surface area contributed by atoms with Crippen LogP contribution in [0, 0.1) is 12.3 Å². The van der Waals surface area contributed by atoms with E-state index in [2.05, 4.69) is 72.4 Å². The third-order valence-electron chi connectivity index (χ3n) is 4.56. The van der Waals surface area contributed by atoms with Crippen LogP contribution in [0.4, 0.5) is 0 Å². The Balaban J connectivity index is -0.000000143. The summed E-state index contributed by atoms with van der Waals surface area (Å²) >= 11 is 0. The highest BCUT2D eigenvalue weighted by molar-refractivity contribution is 5.20. The van der Waals surface area contributed by atoms with Crippen molar-refractivity contribution in [1.29, 1.82) is 0 Å². The summed E-state index contributed by atoms with van der Waals surface area (Å²) in [6, 6.07) is 8.66. The summed E-state index contributed by atoms with van der Waals surface area (Å²) in [5, 5.41) is 0. The van der Waals surface area contributed by atoms with Crippen molar-refractivity contribution in [3.05, 3.63) is 47.5 Å². The number of rotatable bonds is 6. The lowest BCUT2D eigenvalue weighted by atomic mass is 9.76. The van der Waals surface area contributed by atoms with Gasteiger partial charge in [0.05, 0.1) is 0 Å². The van der Waals surface area contributed by atoms with Gasteiger partial charge in [-0.1, -0.05) is 123 Å². The van der Waals surface area contributed by atoms with Crippen LogP contribution in [0.15, 0.2) is 36.4 Å². The maximum absolute atomic E-state index is 3.56. The van der Waals surface area contributed by atoms with E-state index >= 15 is 0 Å². The molecule has 0 unspecified atom stereocenters. The summed E-state index contributed by atoms with van der Waals surface area (Å²) in [6.45, 7) is 29.0. The molecule has 0 radical (unpaired) electrons. The molecule has 162 valence electrons. The molecule has 0 heteroatoms. The van der Waals surface area contributed by atoms with Crippen molar-refractivity contribution in [2.75, 3.05) is 0 Å².